The smallest absolute Gasteiger partial charge is 0.249 e. The predicted molar refractivity (Wildman–Crippen MR) is 96.8 cm³/mol. The van der Waals surface area contributed by atoms with Crippen molar-refractivity contribution in [2.24, 2.45) is 7.05 Å². The van der Waals surface area contributed by atoms with Crippen molar-refractivity contribution in [3.05, 3.63) is 34.8 Å². The van der Waals surface area contributed by atoms with E-state index in [-0.39, 0.29) is 11.9 Å². The van der Waals surface area contributed by atoms with Crippen LogP contribution in [0.15, 0.2) is 29.8 Å². The van der Waals surface area contributed by atoms with Gasteiger partial charge in [0.25, 0.3) is 0 Å². The molecule has 1 aliphatic rings. The first-order valence-corrected chi connectivity index (χ1v) is 8.99. The molecule has 0 spiro atoms. The lowest BCUT2D eigenvalue weighted by atomic mass is 10.2. The quantitative estimate of drug-likeness (QED) is 0.777. The van der Waals surface area contributed by atoms with Crippen LogP contribution in [-0.4, -0.2) is 33.0 Å². The van der Waals surface area contributed by atoms with E-state index in [1.54, 1.807) is 23.6 Å². The molecule has 1 N–H and O–H groups in total. The maximum absolute atomic E-state index is 12.8. The van der Waals surface area contributed by atoms with E-state index >= 15 is 0 Å². The van der Waals surface area contributed by atoms with Gasteiger partial charge in [0.1, 0.15) is 11.6 Å². The fourth-order valence-corrected chi connectivity index (χ4v) is 4.04. The van der Waals surface area contributed by atoms with Gasteiger partial charge in [-0.1, -0.05) is 17.7 Å². The summed E-state index contributed by atoms with van der Waals surface area (Å²) in [5, 5.41) is 6.34. The van der Waals surface area contributed by atoms with Crippen molar-refractivity contribution in [2.75, 3.05) is 16.8 Å². The third-order valence-corrected chi connectivity index (χ3v) is 5.43. The number of thiazole rings is 1. The van der Waals surface area contributed by atoms with Crippen molar-refractivity contribution < 1.29 is 4.79 Å². The third kappa shape index (κ3) is 2.53. The molecule has 0 bridgehead atoms. The normalized spacial score (nSPS) is 17.6. The molecular formula is C16H16ClN5OS. The number of aryl methyl sites for hydroxylation is 1. The maximum atomic E-state index is 12.8. The summed E-state index contributed by atoms with van der Waals surface area (Å²) in [6.07, 6.45) is 3.56. The van der Waals surface area contributed by atoms with E-state index in [1.807, 2.05) is 29.1 Å². The van der Waals surface area contributed by atoms with E-state index in [2.05, 4.69) is 20.2 Å². The summed E-state index contributed by atoms with van der Waals surface area (Å²) in [6, 6.07) is 5.39. The number of imidazole rings is 1. The van der Waals surface area contributed by atoms with Gasteiger partial charge in [-0.3, -0.25) is 10.1 Å². The predicted octanol–water partition coefficient (Wildman–Crippen LogP) is 3.29. The van der Waals surface area contributed by atoms with Crippen LogP contribution in [0.5, 0.6) is 0 Å². The Morgan fingerprint density at radius 2 is 2.33 bits per heavy atom. The number of nitrogens with one attached hydrogen (secondary N) is 1. The van der Waals surface area contributed by atoms with Gasteiger partial charge >= 0.3 is 0 Å². The van der Waals surface area contributed by atoms with E-state index in [9.17, 15) is 4.79 Å². The zero-order valence-corrected chi connectivity index (χ0v) is 14.6. The van der Waals surface area contributed by atoms with Gasteiger partial charge in [0, 0.05) is 25.2 Å². The summed E-state index contributed by atoms with van der Waals surface area (Å²) in [5.74, 6) is 0.450. The number of halogens is 1. The van der Waals surface area contributed by atoms with Gasteiger partial charge in [0.15, 0.2) is 5.13 Å². The van der Waals surface area contributed by atoms with Gasteiger partial charge in [0.05, 0.1) is 10.5 Å². The summed E-state index contributed by atoms with van der Waals surface area (Å²) < 4.78 is 1.85. The Labute approximate surface area is 148 Å². The summed E-state index contributed by atoms with van der Waals surface area (Å²) in [5.41, 5.74) is 1.58. The number of hydrogen-bond donors (Lipinski definition) is 1. The first-order valence-electron chi connectivity index (χ1n) is 7.73. The van der Waals surface area contributed by atoms with Gasteiger partial charge in [-0.05, 0) is 25.0 Å². The van der Waals surface area contributed by atoms with Crippen LogP contribution in [0.1, 0.15) is 12.8 Å². The average Bonchev–Trinajstić information content (AvgIpc) is 3.29. The molecule has 1 aliphatic heterocycles. The van der Waals surface area contributed by atoms with Gasteiger partial charge in [-0.2, -0.15) is 0 Å². The largest absolute Gasteiger partial charge is 0.336 e. The highest BCUT2D eigenvalue weighted by Gasteiger charge is 2.32. The molecule has 1 aromatic carbocycles. The number of amides is 1. The molecular weight excluding hydrogens is 346 g/mol. The third-order valence-electron chi connectivity index (χ3n) is 4.32. The minimum absolute atomic E-state index is 0.0581. The Bertz CT molecular complexity index is 891. The molecule has 2 aromatic heterocycles. The number of nitrogens with zero attached hydrogens (tertiary/aromatic N) is 4. The number of carbonyl (C=O) groups is 1. The van der Waals surface area contributed by atoms with E-state index in [0.717, 1.165) is 30.0 Å². The van der Waals surface area contributed by atoms with Crippen LogP contribution in [0.2, 0.25) is 5.02 Å². The van der Waals surface area contributed by atoms with Crippen LogP contribution in [0.4, 0.5) is 11.1 Å². The fraction of sp³-hybridized carbons (Fsp3) is 0.312. The second-order valence-corrected chi connectivity index (χ2v) is 7.04. The minimum atomic E-state index is -0.216. The molecule has 1 amide bonds. The number of carbonyl (C=O) groups excluding carboxylic acids is 1. The van der Waals surface area contributed by atoms with Crippen molar-refractivity contribution >= 4 is 51.0 Å². The van der Waals surface area contributed by atoms with Crippen LogP contribution in [0, 0.1) is 0 Å². The number of para-hydroxylation sites is 1. The standard InChI is InChI=1S/C16H16ClN5OS/c1-21-11-5-2-4-10(17)13(11)19-15(21)20-14(23)12-6-3-8-22(12)16-18-7-9-24-16/h2,4-5,7,9,12H,3,6,8H2,1H3,(H,19,20,23). The van der Waals surface area contributed by atoms with Gasteiger partial charge < -0.3 is 9.47 Å². The second-order valence-electron chi connectivity index (χ2n) is 5.76. The molecule has 6 nitrogen and oxygen atoms in total. The minimum Gasteiger partial charge on any atom is -0.336 e. The Balaban J connectivity index is 1.60. The first kappa shape index (κ1) is 15.4. The SMILES string of the molecule is Cn1c(NC(=O)C2CCCN2c2nccs2)nc2c(Cl)cccc21. The number of fused-ring (bicyclic) bond motifs is 1. The fourth-order valence-electron chi connectivity index (χ4n) is 3.11. The molecule has 124 valence electrons. The number of anilines is 2. The van der Waals surface area contributed by atoms with E-state index in [4.69, 9.17) is 11.6 Å². The Morgan fingerprint density at radius 1 is 1.46 bits per heavy atom. The van der Waals surface area contributed by atoms with E-state index in [1.165, 1.54) is 0 Å². The summed E-state index contributed by atoms with van der Waals surface area (Å²) in [6.45, 7) is 0.847. The number of benzene rings is 1. The van der Waals surface area contributed by atoms with Crippen LogP contribution >= 0.6 is 22.9 Å². The van der Waals surface area contributed by atoms with Gasteiger partial charge in [-0.15, -0.1) is 11.3 Å². The molecule has 0 aliphatic carbocycles. The van der Waals surface area contributed by atoms with Crippen molar-refractivity contribution in [2.45, 2.75) is 18.9 Å². The van der Waals surface area contributed by atoms with Crippen molar-refractivity contribution in [1.82, 2.24) is 14.5 Å². The molecule has 24 heavy (non-hydrogen) atoms. The molecule has 3 aromatic rings. The topological polar surface area (TPSA) is 63.1 Å². The summed E-state index contributed by atoms with van der Waals surface area (Å²) >= 11 is 7.75. The van der Waals surface area contributed by atoms with E-state index in [0.29, 0.717) is 16.5 Å². The van der Waals surface area contributed by atoms with E-state index < -0.39 is 0 Å². The van der Waals surface area contributed by atoms with Gasteiger partial charge in [0.2, 0.25) is 11.9 Å². The average molecular weight is 362 g/mol. The molecule has 4 rings (SSSR count). The highest BCUT2D eigenvalue weighted by atomic mass is 35.5. The highest BCUT2D eigenvalue weighted by Crippen LogP contribution is 2.29. The molecule has 1 unspecified atom stereocenters. The van der Waals surface area contributed by atoms with Crippen LogP contribution in [-0.2, 0) is 11.8 Å². The Hall–Kier alpha value is -2.12. The Morgan fingerprint density at radius 3 is 3.08 bits per heavy atom. The monoisotopic (exact) mass is 361 g/mol. The number of hydrogen-bond acceptors (Lipinski definition) is 5. The molecule has 8 heteroatoms. The molecule has 0 radical (unpaired) electrons. The lowest BCUT2D eigenvalue weighted by molar-refractivity contribution is -0.117. The van der Waals surface area contributed by atoms with Crippen LogP contribution in [0.25, 0.3) is 11.0 Å². The Kier molecular flexibility index (Phi) is 3.90. The number of rotatable bonds is 3. The lowest BCUT2D eigenvalue weighted by Crippen LogP contribution is -2.40. The molecule has 1 atom stereocenters. The molecule has 0 saturated carbocycles. The summed E-state index contributed by atoms with van der Waals surface area (Å²) in [7, 11) is 1.87. The first-order chi connectivity index (χ1) is 11.6. The zero-order valence-electron chi connectivity index (χ0n) is 13.1. The number of aromatic nitrogens is 3. The summed E-state index contributed by atoms with van der Waals surface area (Å²) in [4.78, 5) is 23.6. The van der Waals surface area contributed by atoms with Crippen molar-refractivity contribution in [1.29, 1.82) is 0 Å². The highest BCUT2D eigenvalue weighted by molar-refractivity contribution is 7.13. The zero-order chi connectivity index (χ0) is 16.7. The molecule has 1 saturated heterocycles. The van der Waals surface area contributed by atoms with Crippen molar-refractivity contribution in [3.63, 3.8) is 0 Å². The van der Waals surface area contributed by atoms with Gasteiger partial charge in [-0.25, -0.2) is 9.97 Å². The van der Waals surface area contributed by atoms with Crippen molar-refractivity contribution in [3.8, 4) is 0 Å². The van der Waals surface area contributed by atoms with Crippen LogP contribution in [0.3, 0.4) is 0 Å². The van der Waals surface area contributed by atoms with Crippen LogP contribution < -0.4 is 10.2 Å². The lowest BCUT2D eigenvalue weighted by Gasteiger charge is -2.22. The molecule has 3 heterocycles. The molecule has 1 fully saturated rings. The second kappa shape index (κ2) is 6.07. The maximum Gasteiger partial charge on any atom is 0.249 e.